The number of likely N-dealkylation sites (tertiary alicyclic amines) is 1. The number of carbonyl (C=O) groups is 1. The molecule has 0 spiro atoms. The molecule has 0 radical (unpaired) electrons. The van der Waals surface area contributed by atoms with E-state index in [1.165, 1.54) is 10.2 Å². The average molecular weight is 544 g/mol. The highest BCUT2D eigenvalue weighted by Crippen LogP contribution is 2.36. The molecule has 200 valence electrons. The first-order valence-corrected chi connectivity index (χ1v) is 14.4. The van der Waals surface area contributed by atoms with Crippen molar-refractivity contribution >= 4 is 32.9 Å². The van der Waals surface area contributed by atoms with E-state index in [0.717, 1.165) is 23.2 Å². The molecule has 6 rings (SSSR count). The predicted octanol–water partition coefficient (Wildman–Crippen LogP) is 4.99. The number of hydrogen-bond donors (Lipinski definition) is 0. The van der Waals surface area contributed by atoms with Crippen LogP contribution in [0, 0.1) is 12.8 Å². The van der Waals surface area contributed by atoms with Crippen molar-refractivity contribution in [3.05, 3.63) is 96.1 Å². The van der Waals surface area contributed by atoms with Crippen molar-refractivity contribution in [3.63, 3.8) is 0 Å². The molecule has 10 heteroatoms. The molecule has 2 aromatic carbocycles. The summed E-state index contributed by atoms with van der Waals surface area (Å²) in [6.07, 6.45) is 5.48. The number of aromatic nitrogens is 4. The van der Waals surface area contributed by atoms with Gasteiger partial charge in [-0.05, 0) is 36.6 Å². The average Bonchev–Trinajstić information content (AvgIpc) is 3.68. The fraction of sp³-hybridized carbons (Fsp3) is 0.276. The lowest BCUT2D eigenvalue weighted by Crippen LogP contribution is -2.29. The Labute approximate surface area is 226 Å². The lowest BCUT2D eigenvalue weighted by atomic mass is 9.91. The lowest BCUT2D eigenvalue weighted by Gasteiger charge is -2.17. The standard InChI is InChI=1S/C29H29N5O4S/c1-3-22-17-32(29(35)38-19-21-7-5-4-6-8-21)18-24(22)26-15-30-27-16-31-28-25(34(26)27)13-14-33(28)39(36,37)23-11-9-20(2)10-12-23/h4-16,22,24H,3,17-19H2,1-2H3/t22-,24+/m0/s1. The van der Waals surface area contributed by atoms with Gasteiger partial charge in [0.05, 0.1) is 16.6 Å². The molecule has 4 heterocycles. The van der Waals surface area contributed by atoms with Gasteiger partial charge in [0.2, 0.25) is 0 Å². The fourth-order valence-electron chi connectivity index (χ4n) is 5.41. The number of benzene rings is 2. The van der Waals surface area contributed by atoms with Gasteiger partial charge >= 0.3 is 6.09 Å². The quantitative estimate of drug-likeness (QED) is 0.299. The van der Waals surface area contributed by atoms with E-state index in [1.807, 2.05) is 47.9 Å². The monoisotopic (exact) mass is 543 g/mol. The van der Waals surface area contributed by atoms with E-state index >= 15 is 0 Å². The van der Waals surface area contributed by atoms with E-state index in [1.54, 1.807) is 41.4 Å². The van der Waals surface area contributed by atoms with Crippen molar-refractivity contribution in [1.29, 1.82) is 0 Å². The molecule has 3 aromatic heterocycles. The zero-order chi connectivity index (χ0) is 27.1. The van der Waals surface area contributed by atoms with Gasteiger partial charge in [-0.1, -0.05) is 61.4 Å². The molecule has 1 aliphatic heterocycles. The molecule has 0 aliphatic carbocycles. The SMILES string of the molecule is CC[C@H]1CN(C(=O)OCc2ccccc2)C[C@H]1c1cnc2cnc3c(ccn3S(=O)(=O)c3ccc(C)cc3)n12. The van der Waals surface area contributed by atoms with Gasteiger partial charge < -0.3 is 9.64 Å². The van der Waals surface area contributed by atoms with Crippen molar-refractivity contribution < 1.29 is 17.9 Å². The van der Waals surface area contributed by atoms with Gasteiger partial charge in [0.25, 0.3) is 10.0 Å². The Balaban J connectivity index is 1.33. The molecule has 1 fully saturated rings. The summed E-state index contributed by atoms with van der Waals surface area (Å²) in [7, 11) is -3.84. The Kier molecular flexibility index (Phi) is 6.34. The van der Waals surface area contributed by atoms with E-state index in [4.69, 9.17) is 4.74 Å². The van der Waals surface area contributed by atoms with Crippen LogP contribution in [0.2, 0.25) is 0 Å². The molecular weight excluding hydrogens is 514 g/mol. The van der Waals surface area contributed by atoms with Crippen LogP contribution >= 0.6 is 0 Å². The number of fused-ring (bicyclic) bond motifs is 3. The van der Waals surface area contributed by atoms with Crippen molar-refractivity contribution in [2.24, 2.45) is 5.92 Å². The summed E-state index contributed by atoms with van der Waals surface area (Å²) in [5.74, 6) is 0.215. The van der Waals surface area contributed by atoms with Gasteiger partial charge in [0.1, 0.15) is 6.61 Å². The number of ether oxygens (including phenoxy) is 1. The molecule has 9 nitrogen and oxygen atoms in total. The Morgan fingerprint density at radius 1 is 1.00 bits per heavy atom. The second kappa shape index (κ2) is 9.85. The molecule has 0 saturated carbocycles. The molecule has 5 aromatic rings. The first-order chi connectivity index (χ1) is 18.9. The number of carbonyl (C=O) groups excluding carboxylic acids is 1. The normalized spacial score (nSPS) is 17.7. The molecule has 39 heavy (non-hydrogen) atoms. The zero-order valence-electron chi connectivity index (χ0n) is 21.8. The number of imidazole rings is 1. The predicted molar refractivity (Wildman–Crippen MR) is 147 cm³/mol. The van der Waals surface area contributed by atoms with Crippen LogP contribution in [-0.4, -0.2) is 50.8 Å². The van der Waals surface area contributed by atoms with Crippen molar-refractivity contribution in [2.75, 3.05) is 13.1 Å². The largest absolute Gasteiger partial charge is 0.445 e. The van der Waals surface area contributed by atoms with Crippen LogP contribution in [0.3, 0.4) is 0 Å². The molecule has 0 bridgehead atoms. The highest BCUT2D eigenvalue weighted by molar-refractivity contribution is 7.90. The minimum Gasteiger partial charge on any atom is -0.445 e. The fourth-order valence-corrected chi connectivity index (χ4v) is 6.70. The van der Waals surface area contributed by atoms with Crippen LogP contribution in [0.15, 0.2) is 84.1 Å². The summed E-state index contributed by atoms with van der Waals surface area (Å²) >= 11 is 0. The summed E-state index contributed by atoms with van der Waals surface area (Å²) < 4.78 is 35.7. The smallest absolute Gasteiger partial charge is 0.410 e. The third-order valence-corrected chi connectivity index (χ3v) is 9.23. The second-order valence-corrected chi connectivity index (χ2v) is 11.8. The van der Waals surface area contributed by atoms with Gasteiger partial charge in [-0.15, -0.1) is 0 Å². The van der Waals surface area contributed by atoms with E-state index in [0.29, 0.717) is 29.9 Å². The van der Waals surface area contributed by atoms with Crippen LogP contribution in [0.25, 0.3) is 16.8 Å². The van der Waals surface area contributed by atoms with Crippen LogP contribution in [0.1, 0.15) is 36.1 Å². The molecule has 2 atom stereocenters. The van der Waals surface area contributed by atoms with Gasteiger partial charge in [0, 0.05) is 37.1 Å². The molecule has 0 N–H and O–H groups in total. The van der Waals surface area contributed by atoms with E-state index in [9.17, 15) is 13.2 Å². The van der Waals surface area contributed by atoms with Crippen LogP contribution in [-0.2, 0) is 21.4 Å². The zero-order valence-corrected chi connectivity index (χ0v) is 22.6. The Hall–Kier alpha value is -4.18. The van der Waals surface area contributed by atoms with Crippen LogP contribution in [0.5, 0.6) is 0 Å². The van der Waals surface area contributed by atoms with Crippen LogP contribution < -0.4 is 0 Å². The second-order valence-electron chi connectivity index (χ2n) is 9.99. The van der Waals surface area contributed by atoms with Gasteiger partial charge in [-0.2, -0.15) is 0 Å². The van der Waals surface area contributed by atoms with Crippen molar-refractivity contribution in [2.45, 2.75) is 37.7 Å². The summed E-state index contributed by atoms with van der Waals surface area (Å²) in [6, 6.07) is 18.1. The Bertz CT molecular complexity index is 1760. The summed E-state index contributed by atoms with van der Waals surface area (Å²) in [6.45, 7) is 5.33. The maximum atomic E-state index is 13.5. The Morgan fingerprint density at radius 3 is 2.51 bits per heavy atom. The van der Waals surface area contributed by atoms with Crippen molar-refractivity contribution in [3.8, 4) is 0 Å². The van der Waals surface area contributed by atoms with Gasteiger partial charge in [0.15, 0.2) is 11.3 Å². The number of hydrogen-bond acceptors (Lipinski definition) is 6. The first kappa shape index (κ1) is 25.1. The highest BCUT2D eigenvalue weighted by Gasteiger charge is 2.38. The minimum absolute atomic E-state index is 0.0110. The number of amides is 1. The van der Waals surface area contributed by atoms with E-state index < -0.39 is 10.0 Å². The number of rotatable bonds is 6. The minimum atomic E-state index is -3.84. The summed E-state index contributed by atoms with van der Waals surface area (Å²) in [4.78, 5) is 23.9. The summed E-state index contributed by atoms with van der Waals surface area (Å²) in [5, 5.41) is 0. The molecule has 1 aliphatic rings. The lowest BCUT2D eigenvalue weighted by molar-refractivity contribution is 0.103. The summed E-state index contributed by atoms with van der Waals surface area (Å²) in [5.41, 5.74) is 4.45. The maximum Gasteiger partial charge on any atom is 0.410 e. The maximum absolute atomic E-state index is 13.5. The molecular formula is C29H29N5O4S. The molecule has 1 saturated heterocycles. The van der Waals surface area contributed by atoms with Gasteiger partial charge in [-0.25, -0.2) is 27.2 Å². The van der Waals surface area contributed by atoms with Gasteiger partial charge in [-0.3, -0.25) is 4.40 Å². The van der Waals surface area contributed by atoms with E-state index in [2.05, 4.69) is 16.9 Å². The topological polar surface area (TPSA) is 98.8 Å². The first-order valence-electron chi connectivity index (χ1n) is 13.0. The van der Waals surface area contributed by atoms with Crippen LogP contribution in [0.4, 0.5) is 4.79 Å². The number of aryl methyl sites for hydroxylation is 1. The third kappa shape index (κ3) is 4.44. The Morgan fingerprint density at radius 2 is 1.77 bits per heavy atom. The van der Waals surface area contributed by atoms with Crippen molar-refractivity contribution in [1.82, 2.24) is 23.2 Å². The third-order valence-electron chi connectivity index (χ3n) is 7.55. The number of nitrogens with zero attached hydrogens (tertiary/aromatic N) is 5. The molecule has 1 amide bonds. The highest BCUT2D eigenvalue weighted by atomic mass is 32.2. The van der Waals surface area contributed by atoms with E-state index in [-0.39, 0.29) is 29.4 Å². The molecule has 0 unspecified atom stereocenters.